The van der Waals surface area contributed by atoms with Crippen LogP contribution in [0.4, 0.5) is 5.13 Å². The standard InChI is InChI=1S/C20H19N3OS/c24-19(17-11-10-15-8-4-5-9-16(15)13-17)21-20-23-22-18(25-20)12-14-6-2-1-3-7-14/h1-3,6-7,10-11,13H,4-5,8-9,12H2,(H,21,23,24). The number of amides is 1. The summed E-state index contributed by atoms with van der Waals surface area (Å²) < 4.78 is 0. The maximum absolute atomic E-state index is 12.5. The summed E-state index contributed by atoms with van der Waals surface area (Å²) in [5.74, 6) is -0.115. The molecule has 1 aromatic heterocycles. The monoisotopic (exact) mass is 349 g/mol. The lowest BCUT2D eigenvalue weighted by molar-refractivity contribution is 0.102. The van der Waals surface area contributed by atoms with Gasteiger partial charge in [0.25, 0.3) is 5.91 Å². The zero-order chi connectivity index (χ0) is 17.1. The fraction of sp³-hybridized carbons (Fsp3) is 0.250. The molecule has 2 aromatic carbocycles. The molecule has 0 unspecified atom stereocenters. The highest BCUT2D eigenvalue weighted by Gasteiger charge is 2.14. The fourth-order valence-electron chi connectivity index (χ4n) is 3.19. The van der Waals surface area contributed by atoms with Crippen LogP contribution in [0.3, 0.4) is 0 Å². The zero-order valence-corrected chi connectivity index (χ0v) is 14.7. The average Bonchev–Trinajstić information content (AvgIpc) is 3.09. The Bertz CT molecular complexity index is 889. The van der Waals surface area contributed by atoms with E-state index in [4.69, 9.17) is 0 Å². The first-order chi connectivity index (χ1) is 12.3. The Morgan fingerprint density at radius 3 is 2.64 bits per heavy atom. The van der Waals surface area contributed by atoms with E-state index in [1.54, 1.807) is 0 Å². The van der Waals surface area contributed by atoms with Crippen molar-refractivity contribution in [1.82, 2.24) is 10.2 Å². The van der Waals surface area contributed by atoms with Crippen LogP contribution in [0, 0.1) is 0 Å². The smallest absolute Gasteiger partial charge is 0.257 e. The highest BCUT2D eigenvalue weighted by molar-refractivity contribution is 7.15. The molecule has 4 nitrogen and oxygen atoms in total. The molecule has 1 heterocycles. The normalized spacial score (nSPS) is 13.3. The molecule has 4 rings (SSSR count). The van der Waals surface area contributed by atoms with Gasteiger partial charge in [0.2, 0.25) is 5.13 Å². The minimum Gasteiger partial charge on any atom is -0.296 e. The Hall–Kier alpha value is -2.53. The van der Waals surface area contributed by atoms with Crippen molar-refractivity contribution in [1.29, 1.82) is 0 Å². The summed E-state index contributed by atoms with van der Waals surface area (Å²) >= 11 is 1.43. The van der Waals surface area contributed by atoms with Crippen LogP contribution in [0.1, 0.15) is 44.9 Å². The number of aryl methyl sites for hydroxylation is 2. The van der Waals surface area contributed by atoms with E-state index in [9.17, 15) is 4.79 Å². The van der Waals surface area contributed by atoms with Crippen LogP contribution < -0.4 is 5.32 Å². The van der Waals surface area contributed by atoms with E-state index in [1.807, 2.05) is 30.3 Å². The Labute approximate surface area is 150 Å². The number of nitrogens with one attached hydrogen (secondary N) is 1. The van der Waals surface area contributed by atoms with E-state index in [1.165, 1.54) is 40.9 Å². The third-order valence-corrected chi connectivity index (χ3v) is 5.33. The molecule has 1 aliphatic carbocycles. The second-order valence-corrected chi connectivity index (χ2v) is 7.37. The molecule has 0 atom stereocenters. The molecule has 0 radical (unpaired) electrons. The van der Waals surface area contributed by atoms with E-state index >= 15 is 0 Å². The van der Waals surface area contributed by atoms with Crippen LogP contribution in [-0.2, 0) is 19.3 Å². The highest BCUT2D eigenvalue weighted by Crippen LogP contribution is 2.23. The van der Waals surface area contributed by atoms with E-state index in [-0.39, 0.29) is 5.91 Å². The number of aromatic nitrogens is 2. The van der Waals surface area contributed by atoms with Crippen LogP contribution in [0.15, 0.2) is 48.5 Å². The lowest BCUT2D eigenvalue weighted by Gasteiger charge is -2.16. The maximum Gasteiger partial charge on any atom is 0.257 e. The first-order valence-corrected chi connectivity index (χ1v) is 9.39. The Balaban J connectivity index is 1.44. The van der Waals surface area contributed by atoms with Gasteiger partial charge < -0.3 is 0 Å². The molecular formula is C20H19N3OS. The molecule has 5 heteroatoms. The van der Waals surface area contributed by atoms with Gasteiger partial charge in [-0.25, -0.2) is 0 Å². The van der Waals surface area contributed by atoms with Crippen molar-refractivity contribution in [2.75, 3.05) is 5.32 Å². The molecule has 126 valence electrons. The number of hydrogen-bond acceptors (Lipinski definition) is 4. The highest BCUT2D eigenvalue weighted by atomic mass is 32.1. The largest absolute Gasteiger partial charge is 0.296 e. The molecule has 1 aliphatic rings. The van der Waals surface area contributed by atoms with Crippen molar-refractivity contribution in [3.8, 4) is 0 Å². The van der Waals surface area contributed by atoms with E-state index < -0.39 is 0 Å². The van der Waals surface area contributed by atoms with E-state index in [0.29, 0.717) is 10.7 Å². The van der Waals surface area contributed by atoms with Crippen LogP contribution >= 0.6 is 11.3 Å². The number of hydrogen-bond donors (Lipinski definition) is 1. The van der Waals surface area contributed by atoms with E-state index in [0.717, 1.165) is 24.3 Å². The first-order valence-electron chi connectivity index (χ1n) is 8.57. The Morgan fingerprint density at radius 2 is 1.80 bits per heavy atom. The van der Waals surface area contributed by atoms with Gasteiger partial charge in [0.1, 0.15) is 5.01 Å². The Kier molecular flexibility index (Phi) is 4.57. The predicted molar refractivity (Wildman–Crippen MR) is 100 cm³/mol. The van der Waals surface area contributed by atoms with Gasteiger partial charge in [0, 0.05) is 12.0 Å². The van der Waals surface area contributed by atoms with Gasteiger partial charge in [-0.05, 0) is 54.5 Å². The van der Waals surface area contributed by atoms with Crippen LogP contribution in [0.2, 0.25) is 0 Å². The summed E-state index contributed by atoms with van der Waals surface area (Å²) in [4.78, 5) is 12.5. The molecule has 3 aromatic rings. The molecule has 0 aliphatic heterocycles. The first kappa shape index (κ1) is 16.0. The number of anilines is 1. The van der Waals surface area contributed by atoms with Crippen molar-refractivity contribution >= 4 is 22.4 Å². The molecule has 0 saturated carbocycles. The minimum absolute atomic E-state index is 0.115. The van der Waals surface area contributed by atoms with Crippen LogP contribution in [0.5, 0.6) is 0 Å². The topological polar surface area (TPSA) is 54.9 Å². The van der Waals surface area contributed by atoms with Crippen molar-refractivity contribution in [3.05, 3.63) is 75.8 Å². The molecular weight excluding hydrogens is 330 g/mol. The fourth-order valence-corrected chi connectivity index (χ4v) is 3.96. The van der Waals surface area contributed by atoms with Gasteiger partial charge in [0.15, 0.2) is 0 Å². The lowest BCUT2D eigenvalue weighted by Crippen LogP contribution is -2.13. The number of carbonyl (C=O) groups is 1. The molecule has 1 amide bonds. The van der Waals surface area contributed by atoms with Crippen molar-refractivity contribution in [2.24, 2.45) is 0 Å². The third kappa shape index (κ3) is 3.77. The van der Waals surface area contributed by atoms with Crippen LogP contribution in [-0.4, -0.2) is 16.1 Å². The van der Waals surface area contributed by atoms with Gasteiger partial charge in [-0.15, -0.1) is 10.2 Å². The molecule has 0 saturated heterocycles. The zero-order valence-electron chi connectivity index (χ0n) is 13.9. The predicted octanol–water partition coefficient (Wildman–Crippen LogP) is 4.26. The second-order valence-electron chi connectivity index (χ2n) is 6.31. The van der Waals surface area contributed by atoms with Gasteiger partial charge in [-0.1, -0.05) is 47.7 Å². The summed E-state index contributed by atoms with van der Waals surface area (Å²) in [6.07, 6.45) is 5.37. The number of fused-ring (bicyclic) bond motifs is 1. The van der Waals surface area contributed by atoms with Gasteiger partial charge in [-0.2, -0.15) is 0 Å². The number of rotatable bonds is 4. The maximum atomic E-state index is 12.5. The summed E-state index contributed by atoms with van der Waals surface area (Å²) in [5, 5.41) is 12.6. The van der Waals surface area contributed by atoms with Crippen molar-refractivity contribution in [3.63, 3.8) is 0 Å². The summed E-state index contributed by atoms with van der Waals surface area (Å²) in [5.41, 5.74) is 4.57. The summed E-state index contributed by atoms with van der Waals surface area (Å²) in [6, 6.07) is 16.2. The van der Waals surface area contributed by atoms with Gasteiger partial charge in [0.05, 0.1) is 0 Å². The summed E-state index contributed by atoms with van der Waals surface area (Å²) in [6.45, 7) is 0. The summed E-state index contributed by atoms with van der Waals surface area (Å²) in [7, 11) is 0. The average molecular weight is 349 g/mol. The van der Waals surface area contributed by atoms with E-state index in [2.05, 4.69) is 33.7 Å². The molecule has 0 bridgehead atoms. The van der Waals surface area contributed by atoms with Crippen molar-refractivity contribution < 1.29 is 4.79 Å². The Morgan fingerprint density at radius 1 is 1.00 bits per heavy atom. The number of nitrogens with zero attached hydrogens (tertiary/aromatic N) is 2. The third-order valence-electron chi connectivity index (χ3n) is 4.50. The number of benzene rings is 2. The van der Waals surface area contributed by atoms with Crippen molar-refractivity contribution in [2.45, 2.75) is 32.1 Å². The molecule has 25 heavy (non-hydrogen) atoms. The van der Waals surface area contributed by atoms with Gasteiger partial charge >= 0.3 is 0 Å². The van der Waals surface area contributed by atoms with Gasteiger partial charge in [-0.3, -0.25) is 10.1 Å². The SMILES string of the molecule is O=C(Nc1nnc(Cc2ccccc2)s1)c1ccc2c(c1)CCCC2. The second kappa shape index (κ2) is 7.15. The quantitative estimate of drug-likeness (QED) is 0.766. The lowest BCUT2D eigenvalue weighted by atomic mass is 9.90. The molecule has 1 N–H and O–H groups in total. The molecule has 0 fully saturated rings. The van der Waals surface area contributed by atoms with Crippen LogP contribution in [0.25, 0.3) is 0 Å². The molecule has 0 spiro atoms. The minimum atomic E-state index is -0.115. The number of carbonyl (C=O) groups excluding carboxylic acids is 1.